The lowest BCUT2D eigenvalue weighted by molar-refractivity contribution is -0.272. The highest BCUT2D eigenvalue weighted by Crippen LogP contribution is 2.17. The van der Waals surface area contributed by atoms with Gasteiger partial charge in [0.15, 0.2) is 0 Å². The third-order valence-electron chi connectivity index (χ3n) is 1.42. The van der Waals surface area contributed by atoms with Gasteiger partial charge in [0.2, 0.25) is 0 Å². The monoisotopic (exact) mass is 182 g/mol. The number of phenolic OH excluding ortho intramolecular Hbond substituents is 1. The predicted molar refractivity (Wildman–Crippen MR) is 46.5 cm³/mol. The molecule has 4 N–H and O–H groups in total. The Bertz CT molecular complexity index is 312. The van der Waals surface area contributed by atoms with Crippen LogP contribution in [-0.4, -0.2) is 26.4 Å². The van der Waals surface area contributed by atoms with Crippen LogP contribution >= 0.6 is 0 Å². The first kappa shape index (κ1) is 9.73. The Labute approximate surface area is 75.0 Å². The summed E-state index contributed by atoms with van der Waals surface area (Å²) < 4.78 is 0. The van der Waals surface area contributed by atoms with Gasteiger partial charge < -0.3 is 20.4 Å². The smallest absolute Gasteiger partial charge is 0.297 e. The molecule has 0 aromatic heterocycles. The van der Waals surface area contributed by atoms with Crippen LogP contribution in [0, 0.1) is 0 Å². The molecule has 0 spiro atoms. The van der Waals surface area contributed by atoms with Gasteiger partial charge in [0, 0.05) is 11.6 Å². The third kappa shape index (κ3) is 3.25. The molecule has 0 saturated carbocycles. The fraction of sp³-hybridized carbons (Fsp3) is 0.111. The third-order valence-corrected chi connectivity index (χ3v) is 1.42. The Morgan fingerprint density at radius 2 is 1.69 bits per heavy atom. The van der Waals surface area contributed by atoms with E-state index in [2.05, 4.69) is 0 Å². The van der Waals surface area contributed by atoms with E-state index in [-0.39, 0.29) is 5.75 Å². The van der Waals surface area contributed by atoms with E-state index in [1.807, 2.05) is 0 Å². The van der Waals surface area contributed by atoms with E-state index in [9.17, 15) is 5.11 Å². The second-order valence-corrected chi connectivity index (χ2v) is 2.58. The number of phenols is 1. The van der Waals surface area contributed by atoms with Crippen molar-refractivity contribution in [3.63, 3.8) is 0 Å². The zero-order valence-electron chi connectivity index (χ0n) is 6.75. The fourth-order valence-electron chi connectivity index (χ4n) is 0.830. The van der Waals surface area contributed by atoms with E-state index < -0.39 is 5.97 Å². The first-order valence-corrected chi connectivity index (χ1v) is 3.63. The lowest BCUT2D eigenvalue weighted by Crippen LogP contribution is -2.22. The Kier molecular flexibility index (Phi) is 2.67. The van der Waals surface area contributed by atoms with E-state index in [0.29, 0.717) is 5.56 Å². The molecule has 0 aliphatic heterocycles. The first-order valence-electron chi connectivity index (χ1n) is 3.63. The van der Waals surface area contributed by atoms with Gasteiger partial charge >= 0.3 is 0 Å². The van der Waals surface area contributed by atoms with Gasteiger partial charge in [-0.25, -0.2) is 0 Å². The number of benzene rings is 1. The second kappa shape index (κ2) is 3.57. The molecule has 70 valence electrons. The Morgan fingerprint density at radius 1 is 1.08 bits per heavy atom. The molecule has 0 fully saturated rings. The summed E-state index contributed by atoms with van der Waals surface area (Å²) in [6, 6.07) is 6.33. The van der Waals surface area contributed by atoms with Gasteiger partial charge in [0.05, 0.1) is 0 Å². The summed E-state index contributed by atoms with van der Waals surface area (Å²) in [6.45, 7) is 0. The average molecular weight is 182 g/mol. The van der Waals surface area contributed by atoms with Crippen molar-refractivity contribution in [2.24, 2.45) is 0 Å². The van der Waals surface area contributed by atoms with Crippen LogP contribution in [0.25, 0.3) is 6.08 Å². The van der Waals surface area contributed by atoms with Crippen LogP contribution < -0.4 is 0 Å². The zero-order chi connectivity index (χ0) is 9.90. The van der Waals surface area contributed by atoms with Crippen LogP contribution in [0.1, 0.15) is 5.56 Å². The van der Waals surface area contributed by atoms with Crippen molar-refractivity contribution in [3.8, 4) is 5.75 Å². The zero-order valence-corrected chi connectivity index (χ0v) is 6.75. The second-order valence-electron chi connectivity index (χ2n) is 2.58. The van der Waals surface area contributed by atoms with Crippen LogP contribution in [0.4, 0.5) is 0 Å². The van der Waals surface area contributed by atoms with Crippen molar-refractivity contribution in [3.05, 3.63) is 35.9 Å². The number of hydrogen-bond donors (Lipinski definition) is 4. The average Bonchev–Trinajstić information content (AvgIpc) is 2.01. The summed E-state index contributed by atoms with van der Waals surface area (Å²) in [6.07, 6.45) is 1.96. The molecule has 0 radical (unpaired) electrons. The summed E-state index contributed by atoms with van der Waals surface area (Å²) in [5, 5.41) is 34.7. The maximum atomic E-state index is 9.21. The van der Waals surface area contributed by atoms with E-state index >= 15 is 0 Å². The quantitative estimate of drug-likeness (QED) is 0.487. The Balaban J connectivity index is 2.86. The number of hydrogen-bond acceptors (Lipinski definition) is 4. The molecule has 0 aliphatic rings. The highest BCUT2D eigenvalue weighted by atomic mass is 16.7. The molecule has 0 saturated heterocycles. The van der Waals surface area contributed by atoms with Crippen molar-refractivity contribution < 1.29 is 20.4 Å². The van der Waals surface area contributed by atoms with Crippen LogP contribution in [0.5, 0.6) is 5.75 Å². The molecule has 4 nitrogen and oxygen atoms in total. The summed E-state index contributed by atoms with van der Waals surface area (Å²) in [5.41, 5.74) is 0.393. The Hall–Kier alpha value is -1.36. The van der Waals surface area contributed by atoms with E-state index in [1.54, 1.807) is 18.2 Å². The van der Waals surface area contributed by atoms with E-state index in [4.69, 9.17) is 15.3 Å². The maximum Gasteiger partial charge on any atom is 0.297 e. The Morgan fingerprint density at radius 3 is 2.23 bits per heavy atom. The predicted octanol–water partition coefficient (Wildman–Crippen LogP) is 0.0361. The van der Waals surface area contributed by atoms with Gasteiger partial charge in [0.25, 0.3) is 5.97 Å². The van der Waals surface area contributed by atoms with Crippen molar-refractivity contribution >= 4 is 6.08 Å². The van der Waals surface area contributed by atoms with Gasteiger partial charge in [-0.05, 0) is 12.1 Å². The SMILES string of the molecule is Oc1ccccc1C=CC(O)(O)O. The summed E-state index contributed by atoms with van der Waals surface area (Å²) in [5.74, 6) is -2.84. The van der Waals surface area contributed by atoms with E-state index in [0.717, 1.165) is 6.08 Å². The van der Waals surface area contributed by atoms with Crippen molar-refractivity contribution in [2.45, 2.75) is 5.97 Å². The molecule has 0 amide bonds. The molecule has 1 rings (SSSR count). The molecule has 0 heterocycles. The number of aromatic hydroxyl groups is 1. The van der Waals surface area contributed by atoms with Crippen LogP contribution in [-0.2, 0) is 0 Å². The van der Waals surface area contributed by atoms with Crippen LogP contribution in [0.3, 0.4) is 0 Å². The molecule has 0 aliphatic carbocycles. The standard InChI is InChI=1S/C9H10O4/c10-8-4-2-1-3-7(8)5-6-9(11,12)13/h1-6,10-13H. The molecule has 0 bridgehead atoms. The van der Waals surface area contributed by atoms with Crippen molar-refractivity contribution in [2.75, 3.05) is 0 Å². The molecule has 13 heavy (non-hydrogen) atoms. The van der Waals surface area contributed by atoms with Gasteiger partial charge in [-0.15, -0.1) is 0 Å². The summed E-state index contributed by atoms with van der Waals surface area (Å²) in [7, 11) is 0. The molecule has 0 unspecified atom stereocenters. The topological polar surface area (TPSA) is 80.9 Å². The van der Waals surface area contributed by atoms with E-state index in [1.165, 1.54) is 12.1 Å². The summed E-state index contributed by atoms with van der Waals surface area (Å²) in [4.78, 5) is 0. The molecule has 1 aromatic carbocycles. The van der Waals surface area contributed by atoms with Gasteiger partial charge in [0.1, 0.15) is 5.75 Å². The maximum absolute atomic E-state index is 9.21. The molecule has 0 atom stereocenters. The fourth-order valence-corrected chi connectivity index (χ4v) is 0.830. The highest BCUT2D eigenvalue weighted by molar-refractivity contribution is 5.56. The molecule has 4 heteroatoms. The minimum absolute atomic E-state index is 0.00278. The lowest BCUT2D eigenvalue weighted by Gasteiger charge is -2.07. The highest BCUT2D eigenvalue weighted by Gasteiger charge is 2.11. The number of rotatable bonds is 2. The summed E-state index contributed by atoms with van der Waals surface area (Å²) >= 11 is 0. The van der Waals surface area contributed by atoms with Gasteiger partial charge in [-0.2, -0.15) is 0 Å². The number of para-hydroxylation sites is 1. The van der Waals surface area contributed by atoms with Gasteiger partial charge in [-0.3, -0.25) is 0 Å². The van der Waals surface area contributed by atoms with Crippen molar-refractivity contribution in [1.82, 2.24) is 0 Å². The van der Waals surface area contributed by atoms with Crippen LogP contribution in [0.2, 0.25) is 0 Å². The lowest BCUT2D eigenvalue weighted by atomic mass is 10.2. The first-order chi connectivity index (χ1) is 5.99. The van der Waals surface area contributed by atoms with Crippen LogP contribution in [0.15, 0.2) is 30.3 Å². The number of aliphatic hydroxyl groups is 3. The van der Waals surface area contributed by atoms with Crippen molar-refractivity contribution in [1.29, 1.82) is 0 Å². The normalized spacial score (nSPS) is 12.2. The molecule has 1 aromatic rings. The molecular formula is C9H10O4. The molecular weight excluding hydrogens is 172 g/mol. The van der Waals surface area contributed by atoms with Gasteiger partial charge in [-0.1, -0.05) is 18.2 Å². The largest absolute Gasteiger partial charge is 0.507 e. The minimum atomic E-state index is -2.84. The minimum Gasteiger partial charge on any atom is -0.507 e.